The van der Waals surface area contributed by atoms with Crippen molar-refractivity contribution in [3.63, 3.8) is 0 Å². The van der Waals surface area contributed by atoms with E-state index in [2.05, 4.69) is 22.6 Å². The first kappa shape index (κ1) is 20.7. The Morgan fingerprint density at radius 2 is 1.90 bits per heavy atom. The van der Waals surface area contributed by atoms with Crippen molar-refractivity contribution in [3.05, 3.63) is 41.0 Å². The maximum Gasteiger partial charge on any atom is 0.178 e. The van der Waals surface area contributed by atoms with E-state index in [-0.39, 0.29) is 25.1 Å². The highest BCUT2D eigenvalue weighted by atomic mass is 125. The third-order valence-corrected chi connectivity index (χ3v) is 7.34. The van der Waals surface area contributed by atoms with Crippen LogP contribution in [0.5, 0.6) is 28.7 Å². The standard InChI is InChI=1S/C23H23IO7/c1-23(24,10-25)19-7-13-14(30-19)5-4-11-21(26)20-12-6-16(27-2)17(28-3)8-15(12)29-9-18(20)31-22(11)13/h4-6,8,18-20,25H,7,9-10H2,1-3H3/t18-,19?,20+,23-/m1/s1/i24-2. The SMILES string of the molecule is COc1cc2c(cc1OC)[C@@H]1C(=O)c3ccc4c(c3O[C@@H]1CO2)CC([C@](C)([125I])CO)O4. The molecule has 2 aromatic carbocycles. The molecule has 2 aromatic rings. The van der Waals surface area contributed by atoms with Gasteiger partial charge in [0.05, 0.1) is 35.7 Å². The predicted molar refractivity (Wildman–Crippen MR) is 121 cm³/mol. The Kier molecular flexibility index (Phi) is 4.97. The molecule has 5 rings (SSSR count). The molecule has 1 unspecified atom stereocenters. The number of benzene rings is 2. The molecule has 0 saturated heterocycles. The van der Waals surface area contributed by atoms with E-state index in [0.29, 0.717) is 40.7 Å². The van der Waals surface area contributed by atoms with Crippen LogP contribution in [0.1, 0.15) is 34.3 Å². The summed E-state index contributed by atoms with van der Waals surface area (Å²) < 4.78 is 28.8. The molecule has 0 aliphatic carbocycles. The summed E-state index contributed by atoms with van der Waals surface area (Å²) in [5.41, 5.74) is 2.16. The number of hydrogen-bond acceptors (Lipinski definition) is 7. The number of methoxy groups -OCH3 is 2. The van der Waals surface area contributed by atoms with Crippen molar-refractivity contribution in [1.29, 1.82) is 0 Å². The van der Waals surface area contributed by atoms with Crippen LogP contribution < -0.4 is 23.7 Å². The van der Waals surface area contributed by atoms with Gasteiger partial charge in [0.15, 0.2) is 17.3 Å². The van der Waals surface area contributed by atoms with Crippen LogP contribution in [0.15, 0.2) is 24.3 Å². The van der Waals surface area contributed by atoms with Crippen LogP contribution in [-0.2, 0) is 6.42 Å². The van der Waals surface area contributed by atoms with Crippen LogP contribution in [0.2, 0.25) is 0 Å². The molecular weight excluding hydrogens is 513 g/mol. The lowest BCUT2D eigenvalue weighted by Crippen LogP contribution is -2.43. The first-order chi connectivity index (χ1) is 14.9. The van der Waals surface area contributed by atoms with Gasteiger partial charge in [-0.3, -0.25) is 4.79 Å². The minimum atomic E-state index is -0.487. The number of aliphatic hydroxyl groups is 1. The van der Waals surface area contributed by atoms with Gasteiger partial charge in [-0.05, 0) is 25.1 Å². The fourth-order valence-corrected chi connectivity index (χ4v) is 4.85. The molecule has 0 aromatic heterocycles. The third-order valence-electron chi connectivity index (χ3n) is 6.30. The number of halogens is 1. The average Bonchev–Trinajstić information content (AvgIpc) is 3.23. The Bertz CT molecular complexity index is 1060. The monoisotopic (exact) mass is 536 g/mol. The van der Waals surface area contributed by atoms with Crippen molar-refractivity contribution in [3.8, 4) is 28.7 Å². The number of ether oxygens (including phenoxy) is 5. The molecule has 1 N–H and O–H groups in total. The van der Waals surface area contributed by atoms with Crippen molar-refractivity contribution in [2.75, 3.05) is 27.4 Å². The topological polar surface area (TPSA) is 83.5 Å². The Labute approximate surface area is 193 Å². The summed E-state index contributed by atoms with van der Waals surface area (Å²) in [5.74, 6) is 2.48. The van der Waals surface area contributed by atoms with E-state index in [1.54, 1.807) is 32.4 Å². The lowest BCUT2D eigenvalue weighted by molar-refractivity contribution is 0.0554. The number of carbonyl (C=O) groups excluding carboxylic acids is 1. The lowest BCUT2D eigenvalue weighted by atomic mass is 9.81. The lowest BCUT2D eigenvalue weighted by Gasteiger charge is -2.37. The van der Waals surface area contributed by atoms with E-state index in [0.717, 1.165) is 11.1 Å². The molecule has 0 spiro atoms. The zero-order valence-electron chi connectivity index (χ0n) is 17.4. The quantitative estimate of drug-likeness (QED) is 0.475. The second-order valence-corrected chi connectivity index (χ2v) is 10.7. The van der Waals surface area contributed by atoms with E-state index in [4.69, 9.17) is 23.7 Å². The summed E-state index contributed by atoms with van der Waals surface area (Å²) in [6.07, 6.45) is -0.0675. The molecule has 31 heavy (non-hydrogen) atoms. The van der Waals surface area contributed by atoms with E-state index in [1.807, 2.05) is 13.0 Å². The molecule has 3 aliphatic rings. The Morgan fingerprint density at radius 1 is 1.16 bits per heavy atom. The summed E-state index contributed by atoms with van der Waals surface area (Å²) in [5, 5.41) is 9.73. The first-order valence-electron chi connectivity index (χ1n) is 10.1. The predicted octanol–water partition coefficient (Wildman–Crippen LogP) is 3.31. The maximum absolute atomic E-state index is 13.6. The molecule has 0 saturated carbocycles. The number of aliphatic hydroxyl groups excluding tert-OH is 1. The van der Waals surface area contributed by atoms with Crippen LogP contribution in [0.4, 0.5) is 0 Å². The van der Waals surface area contributed by atoms with Crippen LogP contribution in [0, 0.1) is 0 Å². The molecule has 0 radical (unpaired) electrons. The zero-order chi connectivity index (χ0) is 21.9. The molecule has 3 heterocycles. The molecule has 8 heteroatoms. The number of hydrogen-bond donors (Lipinski definition) is 1. The fraction of sp³-hybridized carbons (Fsp3) is 0.435. The van der Waals surface area contributed by atoms with Crippen molar-refractivity contribution < 1.29 is 33.6 Å². The van der Waals surface area contributed by atoms with Gasteiger partial charge in [-0.1, -0.05) is 22.6 Å². The Hall–Kier alpha value is -2.20. The summed E-state index contributed by atoms with van der Waals surface area (Å²) in [6, 6.07) is 7.15. The van der Waals surface area contributed by atoms with Gasteiger partial charge in [-0.25, -0.2) is 0 Å². The van der Waals surface area contributed by atoms with Crippen molar-refractivity contribution >= 4 is 28.4 Å². The number of ketones is 1. The van der Waals surface area contributed by atoms with Gasteiger partial charge >= 0.3 is 0 Å². The first-order valence-corrected chi connectivity index (χ1v) is 11.2. The van der Waals surface area contributed by atoms with E-state index in [9.17, 15) is 9.90 Å². The molecule has 0 amide bonds. The summed E-state index contributed by atoms with van der Waals surface area (Å²) in [7, 11) is 3.13. The van der Waals surface area contributed by atoms with Gasteiger partial charge in [0, 0.05) is 23.6 Å². The van der Waals surface area contributed by atoms with E-state index >= 15 is 0 Å². The van der Waals surface area contributed by atoms with Crippen molar-refractivity contribution in [1.82, 2.24) is 0 Å². The number of fused-ring (bicyclic) bond motifs is 6. The second-order valence-electron chi connectivity index (χ2n) is 8.22. The van der Waals surface area contributed by atoms with Gasteiger partial charge < -0.3 is 28.8 Å². The minimum Gasteiger partial charge on any atom is -0.493 e. The van der Waals surface area contributed by atoms with Gasteiger partial charge in [0.25, 0.3) is 0 Å². The smallest absolute Gasteiger partial charge is 0.178 e. The molecule has 3 aliphatic heterocycles. The molecule has 0 bridgehead atoms. The van der Waals surface area contributed by atoms with E-state index < -0.39 is 15.4 Å². The Morgan fingerprint density at radius 3 is 2.61 bits per heavy atom. The van der Waals surface area contributed by atoms with Gasteiger partial charge in [0.1, 0.15) is 36.1 Å². The summed E-state index contributed by atoms with van der Waals surface area (Å²) in [6.45, 7) is 2.20. The highest BCUT2D eigenvalue weighted by molar-refractivity contribution is 14.1. The van der Waals surface area contributed by atoms with Gasteiger partial charge in [-0.15, -0.1) is 0 Å². The normalized spacial score (nSPS) is 24.9. The van der Waals surface area contributed by atoms with E-state index in [1.165, 1.54) is 0 Å². The summed E-state index contributed by atoms with van der Waals surface area (Å²) >= 11 is 2.22. The number of rotatable bonds is 4. The summed E-state index contributed by atoms with van der Waals surface area (Å²) in [4.78, 5) is 13.6. The largest absolute Gasteiger partial charge is 0.493 e. The van der Waals surface area contributed by atoms with Crippen molar-refractivity contribution in [2.45, 2.75) is 34.9 Å². The average molecular weight is 536 g/mol. The zero-order valence-corrected chi connectivity index (χ0v) is 19.6. The highest BCUT2D eigenvalue weighted by Gasteiger charge is 2.47. The van der Waals surface area contributed by atoms with Gasteiger partial charge in [0.2, 0.25) is 0 Å². The fourth-order valence-electron chi connectivity index (χ4n) is 4.50. The molecule has 7 nitrogen and oxygen atoms in total. The Balaban J connectivity index is 1.55. The minimum absolute atomic E-state index is 0.00515. The molecule has 164 valence electrons. The van der Waals surface area contributed by atoms with Gasteiger partial charge in [-0.2, -0.15) is 0 Å². The number of alkyl halides is 1. The second kappa shape index (κ2) is 7.44. The van der Waals surface area contributed by atoms with Crippen molar-refractivity contribution in [2.24, 2.45) is 0 Å². The maximum atomic E-state index is 13.6. The molecule has 4 atom stereocenters. The highest BCUT2D eigenvalue weighted by Crippen LogP contribution is 2.50. The molecular formula is C23H23IO7. The van der Waals surface area contributed by atoms with Crippen LogP contribution in [-0.4, -0.2) is 54.0 Å². The number of carbonyl (C=O) groups is 1. The molecule has 0 fully saturated rings. The van der Waals surface area contributed by atoms with Crippen LogP contribution in [0.3, 0.4) is 0 Å². The van der Waals surface area contributed by atoms with Crippen LogP contribution >= 0.6 is 22.6 Å². The number of Topliss-reactive ketones (excluding diaryl/α,β-unsaturated/α-hetero) is 1. The third kappa shape index (κ3) is 3.14. The van der Waals surface area contributed by atoms with Crippen LogP contribution in [0.25, 0.3) is 0 Å².